The van der Waals surface area contributed by atoms with Gasteiger partial charge in [0.1, 0.15) is 16.7 Å². The lowest BCUT2D eigenvalue weighted by Crippen LogP contribution is -2.49. The number of anilines is 2. The summed E-state index contributed by atoms with van der Waals surface area (Å²) in [6.07, 6.45) is 1.68. The first-order valence-electron chi connectivity index (χ1n) is 12.3. The van der Waals surface area contributed by atoms with Crippen LogP contribution in [-0.2, 0) is 4.79 Å². The number of fused-ring (bicyclic) bond motifs is 1. The summed E-state index contributed by atoms with van der Waals surface area (Å²) in [5.41, 5.74) is 12.3. The Morgan fingerprint density at radius 1 is 1.10 bits per heavy atom. The van der Waals surface area contributed by atoms with Gasteiger partial charge in [-0.1, -0.05) is 12.1 Å². The van der Waals surface area contributed by atoms with Crippen molar-refractivity contribution in [3.05, 3.63) is 76.9 Å². The maximum Gasteiger partial charge on any atom is 0.273 e. The summed E-state index contributed by atoms with van der Waals surface area (Å²) < 4.78 is 9.57. The van der Waals surface area contributed by atoms with Crippen LogP contribution >= 0.6 is 11.5 Å². The monoisotopic (exact) mass is 546 g/mol. The highest BCUT2D eigenvalue weighted by Crippen LogP contribution is 2.35. The van der Waals surface area contributed by atoms with Crippen molar-refractivity contribution in [2.24, 2.45) is 5.73 Å². The van der Waals surface area contributed by atoms with Gasteiger partial charge in [0.05, 0.1) is 17.8 Å². The number of carbonyl (C=O) groups is 3. The van der Waals surface area contributed by atoms with Gasteiger partial charge < -0.3 is 21.5 Å². The van der Waals surface area contributed by atoms with E-state index in [0.717, 1.165) is 22.4 Å². The predicted octanol–water partition coefficient (Wildman–Crippen LogP) is 4.07. The number of ether oxygens (including phenoxy) is 1. The van der Waals surface area contributed by atoms with Crippen LogP contribution in [0, 0.1) is 0 Å². The zero-order valence-corrected chi connectivity index (χ0v) is 22.9. The fourth-order valence-corrected chi connectivity index (χ4v) is 4.85. The molecule has 0 bridgehead atoms. The van der Waals surface area contributed by atoms with E-state index in [-0.39, 0.29) is 16.3 Å². The Bertz CT molecular complexity index is 1530. The molecule has 4 rings (SSSR count). The minimum absolute atomic E-state index is 0.00583. The van der Waals surface area contributed by atoms with Crippen LogP contribution in [0.5, 0.6) is 5.75 Å². The second-order valence-corrected chi connectivity index (χ2v) is 10.6. The number of carbonyl (C=O) groups excluding carboxylic acids is 3. The molecule has 0 aliphatic carbocycles. The van der Waals surface area contributed by atoms with Gasteiger partial charge in [-0.05, 0) is 87.3 Å². The predicted molar refractivity (Wildman–Crippen MR) is 152 cm³/mol. The molecule has 10 nitrogen and oxygen atoms in total. The maximum absolute atomic E-state index is 14.2. The Balaban J connectivity index is 1.93. The molecule has 2 aromatic heterocycles. The number of hydrogen-bond acceptors (Lipinski definition) is 8. The first kappa shape index (κ1) is 27.5. The van der Waals surface area contributed by atoms with Crippen molar-refractivity contribution in [3.63, 3.8) is 0 Å². The summed E-state index contributed by atoms with van der Waals surface area (Å²) in [6.45, 7) is 7.91. The van der Waals surface area contributed by atoms with E-state index < -0.39 is 29.3 Å². The molecule has 202 valence electrons. The molecule has 0 radical (unpaired) electrons. The van der Waals surface area contributed by atoms with Gasteiger partial charge in [-0.3, -0.25) is 24.3 Å². The number of nitrogens with two attached hydrogens (primary N) is 2. The number of primary amides is 1. The second kappa shape index (κ2) is 11.1. The molecule has 5 N–H and O–H groups in total. The van der Waals surface area contributed by atoms with Crippen LogP contribution in [-0.4, -0.2) is 39.2 Å². The van der Waals surface area contributed by atoms with E-state index in [4.69, 9.17) is 16.2 Å². The van der Waals surface area contributed by atoms with Crippen molar-refractivity contribution < 1.29 is 19.1 Å². The molecular weight excluding hydrogens is 516 g/mol. The summed E-state index contributed by atoms with van der Waals surface area (Å²) in [5.74, 6) is -1.26. The van der Waals surface area contributed by atoms with Gasteiger partial charge in [-0.15, -0.1) is 0 Å². The Hall–Kier alpha value is -4.51. The summed E-state index contributed by atoms with van der Waals surface area (Å²) >= 11 is 0.753. The summed E-state index contributed by atoms with van der Waals surface area (Å²) in [5, 5.41) is 3.80. The number of aromatic nitrogens is 2. The number of hydrogen-bond donors (Lipinski definition) is 3. The van der Waals surface area contributed by atoms with Gasteiger partial charge >= 0.3 is 0 Å². The van der Waals surface area contributed by atoms with E-state index >= 15 is 0 Å². The normalized spacial score (nSPS) is 12.1. The Kier molecular flexibility index (Phi) is 7.82. The molecule has 0 aliphatic heterocycles. The number of nitrogen functional groups attached to an aromatic ring is 1. The molecular formula is C28H30N6O4S. The average Bonchev–Trinajstić information content (AvgIpc) is 3.28. The largest absolute Gasteiger partial charge is 0.494 e. The van der Waals surface area contributed by atoms with Crippen molar-refractivity contribution in [2.45, 2.75) is 39.3 Å². The molecule has 2 aromatic carbocycles. The first-order valence-corrected chi connectivity index (χ1v) is 13.1. The minimum atomic E-state index is -1.11. The van der Waals surface area contributed by atoms with Gasteiger partial charge in [0.2, 0.25) is 5.91 Å². The van der Waals surface area contributed by atoms with Crippen LogP contribution in [0.3, 0.4) is 0 Å². The molecule has 0 fully saturated rings. The third-order valence-electron chi connectivity index (χ3n) is 5.75. The SMILES string of the molecule is CCOc1ccc(N(C(=O)c2snc(C(N)=O)c2N)[C@H](C(=O)NC(C)(C)C)c2ccc3ncccc3c2)cc1. The van der Waals surface area contributed by atoms with E-state index in [1.54, 1.807) is 48.7 Å². The Morgan fingerprint density at radius 3 is 2.44 bits per heavy atom. The highest BCUT2D eigenvalue weighted by Gasteiger charge is 2.37. The lowest BCUT2D eigenvalue weighted by molar-refractivity contribution is -0.123. The van der Waals surface area contributed by atoms with E-state index in [1.807, 2.05) is 39.8 Å². The maximum atomic E-state index is 14.2. The number of benzene rings is 2. The summed E-state index contributed by atoms with van der Waals surface area (Å²) in [4.78, 5) is 45.7. The van der Waals surface area contributed by atoms with Crippen molar-refractivity contribution >= 4 is 51.5 Å². The Morgan fingerprint density at radius 2 is 1.82 bits per heavy atom. The van der Waals surface area contributed by atoms with Crippen LogP contribution in [0.15, 0.2) is 60.8 Å². The molecule has 4 aromatic rings. The zero-order chi connectivity index (χ0) is 28.3. The van der Waals surface area contributed by atoms with Crippen molar-refractivity contribution in [2.75, 3.05) is 17.2 Å². The number of pyridine rings is 1. The third kappa shape index (κ3) is 5.99. The lowest BCUT2D eigenvalue weighted by Gasteiger charge is -2.33. The van der Waals surface area contributed by atoms with E-state index in [2.05, 4.69) is 14.7 Å². The molecule has 3 amide bonds. The number of rotatable bonds is 8. The quantitative estimate of drug-likeness (QED) is 0.301. The highest BCUT2D eigenvalue weighted by molar-refractivity contribution is 7.09. The standard InChI is InChI=1S/C28H30N6O4S/c1-5-38-19-11-9-18(10-12-19)34(27(37)24-21(29)22(25(30)35)33-39-24)23(26(36)32-28(2,3)4)17-8-13-20-16(15-17)7-6-14-31-20/h6-15,23H,5,29H2,1-4H3,(H2,30,35)(H,32,36)/t23-/m0/s1. The molecule has 0 spiro atoms. The average molecular weight is 547 g/mol. The van der Waals surface area contributed by atoms with Crippen LogP contribution in [0.4, 0.5) is 11.4 Å². The fraction of sp³-hybridized carbons (Fsp3) is 0.250. The number of amides is 3. The Labute approximate surface area is 230 Å². The van der Waals surface area contributed by atoms with Crippen LogP contribution in [0.25, 0.3) is 10.9 Å². The van der Waals surface area contributed by atoms with Crippen LogP contribution < -0.4 is 26.4 Å². The lowest BCUT2D eigenvalue weighted by atomic mass is 9.98. The topological polar surface area (TPSA) is 154 Å². The number of nitrogens with zero attached hydrogens (tertiary/aromatic N) is 3. The zero-order valence-electron chi connectivity index (χ0n) is 22.1. The molecule has 0 unspecified atom stereocenters. The second-order valence-electron chi connectivity index (χ2n) is 9.84. The van der Waals surface area contributed by atoms with E-state index in [1.165, 1.54) is 4.90 Å². The molecule has 0 saturated heterocycles. The molecule has 39 heavy (non-hydrogen) atoms. The van der Waals surface area contributed by atoms with Crippen molar-refractivity contribution in [1.82, 2.24) is 14.7 Å². The molecule has 0 aliphatic rings. The van der Waals surface area contributed by atoms with E-state index in [9.17, 15) is 14.4 Å². The summed E-state index contributed by atoms with van der Waals surface area (Å²) in [7, 11) is 0. The van der Waals surface area contributed by atoms with Gasteiger partial charge in [0.15, 0.2) is 5.69 Å². The smallest absolute Gasteiger partial charge is 0.273 e. The first-order chi connectivity index (χ1) is 18.5. The molecule has 11 heteroatoms. The van der Waals surface area contributed by atoms with Gasteiger partial charge in [-0.25, -0.2) is 0 Å². The fourth-order valence-electron chi connectivity index (χ4n) is 4.11. The van der Waals surface area contributed by atoms with Crippen molar-refractivity contribution in [3.8, 4) is 5.75 Å². The van der Waals surface area contributed by atoms with Crippen molar-refractivity contribution in [1.29, 1.82) is 0 Å². The number of nitrogens with one attached hydrogen (secondary N) is 1. The summed E-state index contributed by atoms with van der Waals surface area (Å²) in [6, 6.07) is 14.8. The van der Waals surface area contributed by atoms with Crippen LogP contribution in [0.1, 0.15) is 59.5 Å². The molecule has 0 saturated carbocycles. The van der Waals surface area contributed by atoms with Crippen LogP contribution in [0.2, 0.25) is 0 Å². The molecule has 2 heterocycles. The minimum Gasteiger partial charge on any atom is -0.494 e. The van der Waals surface area contributed by atoms with E-state index in [0.29, 0.717) is 23.6 Å². The van der Waals surface area contributed by atoms with Gasteiger partial charge in [0.25, 0.3) is 11.8 Å². The highest BCUT2D eigenvalue weighted by atomic mass is 32.1. The van der Waals surface area contributed by atoms with Gasteiger partial charge in [0, 0.05) is 22.8 Å². The third-order valence-corrected chi connectivity index (χ3v) is 6.60. The molecule has 1 atom stereocenters. The van der Waals surface area contributed by atoms with Gasteiger partial charge in [-0.2, -0.15) is 4.37 Å².